The number of aromatic nitrogens is 3. The van der Waals surface area contributed by atoms with Crippen LogP contribution in [0.2, 0.25) is 15.6 Å². The lowest BCUT2D eigenvalue weighted by atomic mass is 10.2. The average Bonchev–Trinajstić information content (AvgIpc) is 2.30. The molecule has 0 atom stereocenters. The second kappa shape index (κ2) is 5.52. The van der Waals surface area contributed by atoms with E-state index >= 15 is 0 Å². The number of nitrogens with one attached hydrogen (secondary N) is 1. The van der Waals surface area contributed by atoms with Crippen molar-refractivity contribution in [1.82, 2.24) is 15.0 Å². The molecule has 0 amide bonds. The van der Waals surface area contributed by atoms with E-state index < -0.39 is 4.92 Å². The van der Waals surface area contributed by atoms with E-state index in [2.05, 4.69) is 20.3 Å². The van der Waals surface area contributed by atoms with E-state index in [-0.39, 0.29) is 32.9 Å². The van der Waals surface area contributed by atoms with Gasteiger partial charge in [0.15, 0.2) is 0 Å². The van der Waals surface area contributed by atoms with Crippen LogP contribution in [0, 0.1) is 10.1 Å². The van der Waals surface area contributed by atoms with Crippen LogP contribution < -0.4 is 5.32 Å². The molecule has 1 N–H and O–H groups in total. The fourth-order valence-electron chi connectivity index (χ4n) is 1.26. The number of rotatable bonds is 3. The summed E-state index contributed by atoms with van der Waals surface area (Å²) in [4.78, 5) is 21.4. The number of hydrogen-bond acceptors (Lipinski definition) is 6. The number of halogens is 3. The molecule has 1 aromatic heterocycles. The standard InChI is InChI=1S/C9H4Cl3N5O2/c10-4-1-2-5(6(3-4)17(18)19)13-9-15-7(11)14-8(12)16-9/h1-3H,(H,13,14,15,16). The van der Waals surface area contributed by atoms with Gasteiger partial charge >= 0.3 is 0 Å². The van der Waals surface area contributed by atoms with Crippen LogP contribution in [0.25, 0.3) is 0 Å². The van der Waals surface area contributed by atoms with Gasteiger partial charge < -0.3 is 5.32 Å². The number of anilines is 2. The van der Waals surface area contributed by atoms with Crippen molar-refractivity contribution in [2.75, 3.05) is 5.32 Å². The Hall–Kier alpha value is -1.70. The van der Waals surface area contributed by atoms with Crippen molar-refractivity contribution in [3.63, 3.8) is 0 Å². The Kier molecular flexibility index (Phi) is 3.98. The van der Waals surface area contributed by atoms with Gasteiger partial charge in [0.05, 0.1) is 4.92 Å². The minimum absolute atomic E-state index is 0.00424. The van der Waals surface area contributed by atoms with E-state index in [4.69, 9.17) is 34.8 Å². The summed E-state index contributed by atoms with van der Waals surface area (Å²) in [5.41, 5.74) is -0.0621. The van der Waals surface area contributed by atoms with Gasteiger partial charge in [-0.15, -0.1) is 0 Å². The zero-order valence-corrected chi connectivity index (χ0v) is 11.2. The summed E-state index contributed by atoms with van der Waals surface area (Å²) in [5, 5.41) is 13.5. The molecule has 0 radical (unpaired) electrons. The molecule has 0 saturated carbocycles. The van der Waals surface area contributed by atoms with E-state index in [0.717, 1.165) is 0 Å². The third-order valence-electron chi connectivity index (χ3n) is 1.98. The lowest BCUT2D eigenvalue weighted by Crippen LogP contribution is -2.02. The molecule has 1 aromatic carbocycles. The molecule has 10 heteroatoms. The molecule has 0 bridgehead atoms. The number of nitro groups is 1. The average molecular weight is 321 g/mol. The van der Waals surface area contributed by atoms with E-state index in [1.165, 1.54) is 18.2 Å². The van der Waals surface area contributed by atoms with Gasteiger partial charge in [-0.3, -0.25) is 10.1 Å². The normalized spacial score (nSPS) is 10.3. The van der Waals surface area contributed by atoms with Crippen LogP contribution >= 0.6 is 34.8 Å². The van der Waals surface area contributed by atoms with Gasteiger partial charge in [0.25, 0.3) is 5.69 Å². The fraction of sp³-hybridized carbons (Fsp3) is 0. The Balaban J connectivity index is 2.40. The lowest BCUT2D eigenvalue weighted by Gasteiger charge is -2.05. The van der Waals surface area contributed by atoms with E-state index in [9.17, 15) is 10.1 Å². The second-order valence-corrected chi connectivity index (χ2v) is 4.35. The molecule has 0 aliphatic rings. The first kappa shape index (κ1) is 13.7. The third-order valence-corrected chi connectivity index (χ3v) is 2.56. The van der Waals surface area contributed by atoms with Crippen molar-refractivity contribution < 1.29 is 4.92 Å². The van der Waals surface area contributed by atoms with Gasteiger partial charge in [-0.2, -0.15) is 15.0 Å². The van der Waals surface area contributed by atoms with Gasteiger partial charge in [0.1, 0.15) is 5.69 Å². The molecular weight excluding hydrogens is 316 g/mol. The Bertz CT molecular complexity index is 631. The van der Waals surface area contributed by atoms with Crippen molar-refractivity contribution in [2.45, 2.75) is 0 Å². The van der Waals surface area contributed by atoms with Crippen LogP contribution in [0.1, 0.15) is 0 Å². The first-order valence-corrected chi connectivity index (χ1v) is 5.87. The molecule has 2 aromatic rings. The van der Waals surface area contributed by atoms with E-state index in [1.54, 1.807) is 0 Å². The minimum Gasteiger partial charge on any atom is -0.318 e. The Morgan fingerprint density at radius 1 is 1.11 bits per heavy atom. The summed E-state index contributed by atoms with van der Waals surface area (Å²) in [5.74, 6) is -0.00424. The van der Waals surface area contributed by atoms with Crippen LogP contribution in [0.5, 0.6) is 0 Å². The zero-order valence-electron chi connectivity index (χ0n) is 8.97. The van der Waals surface area contributed by atoms with Gasteiger partial charge in [0, 0.05) is 11.1 Å². The highest BCUT2D eigenvalue weighted by atomic mass is 35.5. The van der Waals surface area contributed by atoms with Gasteiger partial charge in [-0.05, 0) is 35.3 Å². The molecule has 0 aliphatic heterocycles. The van der Waals surface area contributed by atoms with Gasteiger partial charge in [-0.1, -0.05) is 11.6 Å². The fourth-order valence-corrected chi connectivity index (χ4v) is 1.79. The predicted molar refractivity (Wildman–Crippen MR) is 71.2 cm³/mol. The maximum atomic E-state index is 10.9. The highest BCUT2D eigenvalue weighted by Crippen LogP contribution is 2.29. The molecule has 0 fully saturated rings. The predicted octanol–water partition coefficient (Wildman–Crippen LogP) is 3.48. The molecule has 1 heterocycles. The molecule has 2 rings (SSSR count). The largest absolute Gasteiger partial charge is 0.318 e. The second-order valence-electron chi connectivity index (χ2n) is 3.24. The van der Waals surface area contributed by atoms with Gasteiger partial charge in [-0.25, -0.2) is 0 Å². The molecule has 7 nitrogen and oxygen atoms in total. The van der Waals surface area contributed by atoms with E-state index in [1.807, 2.05) is 0 Å². The highest BCUT2D eigenvalue weighted by molar-refractivity contribution is 6.31. The Labute approximate surface area is 121 Å². The Morgan fingerprint density at radius 3 is 2.32 bits per heavy atom. The zero-order chi connectivity index (χ0) is 14.0. The maximum Gasteiger partial charge on any atom is 0.294 e. The summed E-state index contributed by atoms with van der Waals surface area (Å²) in [7, 11) is 0. The van der Waals surface area contributed by atoms with Crippen molar-refractivity contribution in [2.24, 2.45) is 0 Å². The quantitative estimate of drug-likeness (QED) is 0.687. The van der Waals surface area contributed by atoms with Crippen LogP contribution in [0.4, 0.5) is 17.3 Å². The summed E-state index contributed by atoms with van der Waals surface area (Å²) >= 11 is 16.9. The summed E-state index contributed by atoms with van der Waals surface area (Å²) in [6.07, 6.45) is 0. The summed E-state index contributed by atoms with van der Waals surface area (Å²) in [6.45, 7) is 0. The van der Waals surface area contributed by atoms with Crippen LogP contribution in [-0.2, 0) is 0 Å². The van der Waals surface area contributed by atoms with Crippen LogP contribution in [0.3, 0.4) is 0 Å². The smallest absolute Gasteiger partial charge is 0.294 e. The summed E-state index contributed by atoms with van der Waals surface area (Å²) < 4.78 is 0. The number of nitro benzene ring substituents is 1. The Morgan fingerprint density at radius 2 is 1.74 bits per heavy atom. The molecule has 19 heavy (non-hydrogen) atoms. The molecule has 0 spiro atoms. The molecule has 0 saturated heterocycles. The first-order chi connectivity index (χ1) is 8.95. The molecule has 0 aliphatic carbocycles. The SMILES string of the molecule is O=[N+]([O-])c1cc(Cl)ccc1Nc1nc(Cl)nc(Cl)n1. The van der Waals surface area contributed by atoms with Crippen molar-refractivity contribution in [3.8, 4) is 0 Å². The number of hydrogen-bond donors (Lipinski definition) is 1. The highest BCUT2D eigenvalue weighted by Gasteiger charge is 2.15. The topological polar surface area (TPSA) is 93.8 Å². The van der Waals surface area contributed by atoms with Gasteiger partial charge in [0.2, 0.25) is 16.5 Å². The summed E-state index contributed by atoms with van der Waals surface area (Å²) in [6, 6.07) is 4.11. The maximum absolute atomic E-state index is 10.9. The van der Waals surface area contributed by atoms with E-state index in [0.29, 0.717) is 0 Å². The molecule has 0 unspecified atom stereocenters. The van der Waals surface area contributed by atoms with Crippen molar-refractivity contribution in [1.29, 1.82) is 0 Å². The third kappa shape index (κ3) is 3.40. The van der Waals surface area contributed by atoms with Crippen LogP contribution in [0.15, 0.2) is 18.2 Å². The first-order valence-electron chi connectivity index (χ1n) is 4.74. The monoisotopic (exact) mass is 319 g/mol. The minimum atomic E-state index is -0.585. The number of nitrogens with zero attached hydrogens (tertiary/aromatic N) is 4. The van der Waals surface area contributed by atoms with Crippen molar-refractivity contribution in [3.05, 3.63) is 43.9 Å². The van der Waals surface area contributed by atoms with Crippen LogP contribution in [-0.4, -0.2) is 19.9 Å². The molecule has 98 valence electrons. The number of benzene rings is 1. The van der Waals surface area contributed by atoms with Crippen molar-refractivity contribution >= 4 is 52.1 Å². The lowest BCUT2D eigenvalue weighted by molar-refractivity contribution is -0.383. The molecular formula is C9H4Cl3N5O2.